The Morgan fingerprint density at radius 1 is 1.35 bits per heavy atom. The quantitative estimate of drug-likeness (QED) is 0.372. The zero-order valence-electron chi connectivity index (χ0n) is 15.2. The first-order valence-electron chi connectivity index (χ1n) is 7.95. The number of nitrogens with zero attached hydrogens (tertiary/aromatic N) is 1. The number of ether oxygens (including phenoxy) is 1. The minimum absolute atomic E-state index is 0. The van der Waals surface area contributed by atoms with Crippen molar-refractivity contribution in [1.29, 1.82) is 0 Å². The van der Waals surface area contributed by atoms with Crippen LogP contribution < -0.4 is 10.6 Å². The van der Waals surface area contributed by atoms with E-state index in [9.17, 15) is 0 Å². The van der Waals surface area contributed by atoms with Gasteiger partial charge in [0.2, 0.25) is 0 Å². The van der Waals surface area contributed by atoms with Gasteiger partial charge in [0.15, 0.2) is 5.96 Å². The Bertz CT molecular complexity index is 443. The van der Waals surface area contributed by atoms with Crippen LogP contribution in [0.15, 0.2) is 21.8 Å². The predicted molar refractivity (Wildman–Crippen MR) is 112 cm³/mol. The molecule has 4 nitrogen and oxygen atoms in total. The van der Waals surface area contributed by atoms with Crippen LogP contribution in [0.3, 0.4) is 0 Å². The number of hydrogen-bond acceptors (Lipinski definition) is 3. The van der Waals surface area contributed by atoms with Crippen molar-refractivity contribution >= 4 is 41.3 Å². The lowest BCUT2D eigenvalue weighted by Gasteiger charge is -2.28. The van der Waals surface area contributed by atoms with E-state index in [4.69, 9.17) is 4.74 Å². The molecule has 0 saturated heterocycles. The molecule has 1 aromatic heterocycles. The number of aliphatic imine (C=N–C) groups is 1. The van der Waals surface area contributed by atoms with Crippen LogP contribution in [0.1, 0.15) is 46.1 Å². The monoisotopic (exact) mass is 453 g/mol. The van der Waals surface area contributed by atoms with Crippen LogP contribution in [0.2, 0.25) is 0 Å². The lowest BCUT2D eigenvalue weighted by Crippen LogP contribution is -2.40. The SMILES string of the molecule is CCNC(=NCC(OC)C(C)(C)C)NCC(C)c1ccsc1.I. The standard InChI is InChI=1S/C17H31N3OS.HI/c1-7-18-16(20-11-15(21-6)17(3,4)5)19-10-13(2)14-8-9-22-12-14;/h8-9,12-13,15H,7,10-11H2,1-6H3,(H2,18,19,20);1H. The summed E-state index contributed by atoms with van der Waals surface area (Å²) in [5.74, 6) is 1.33. The third kappa shape index (κ3) is 8.35. The Morgan fingerprint density at radius 3 is 2.52 bits per heavy atom. The van der Waals surface area contributed by atoms with Crippen molar-refractivity contribution in [2.75, 3.05) is 26.7 Å². The summed E-state index contributed by atoms with van der Waals surface area (Å²) in [6.45, 7) is 13.2. The molecular weight excluding hydrogens is 421 g/mol. The molecule has 0 saturated carbocycles. The molecule has 23 heavy (non-hydrogen) atoms. The second-order valence-electron chi connectivity index (χ2n) is 6.65. The van der Waals surface area contributed by atoms with Gasteiger partial charge in [-0.2, -0.15) is 11.3 Å². The van der Waals surface area contributed by atoms with E-state index >= 15 is 0 Å². The third-order valence-corrected chi connectivity index (χ3v) is 4.40. The van der Waals surface area contributed by atoms with E-state index in [1.165, 1.54) is 5.56 Å². The zero-order chi connectivity index (χ0) is 16.6. The molecule has 0 bridgehead atoms. The van der Waals surface area contributed by atoms with E-state index in [1.54, 1.807) is 18.4 Å². The topological polar surface area (TPSA) is 45.7 Å². The van der Waals surface area contributed by atoms with E-state index in [2.05, 4.69) is 67.1 Å². The molecule has 1 rings (SSSR count). The summed E-state index contributed by atoms with van der Waals surface area (Å²) in [4.78, 5) is 4.68. The van der Waals surface area contributed by atoms with Gasteiger partial charge in [0.05, 0.1) is 12.6 Å². The Labute approximate surface area is 162 Å². The summed E-state index contributed by atoms with van der Waals surface area (Å²) >= 11 is 1.74. The van der Waals surface area contributed by atoms with Gasteiger partial charge in [0, 0.05) is 20.2 Å². The summed E-state index contributed by atoms with van der Waals surface area (Å²) in [7, 11) is 1.75. The largest absolute Gasteiger partial charge is 0.379 e. The zero-order valence-corrected chi connectivity index (χ0v) is 18.3. The fraction of sp³-hybridized carbons (Fsp3) is 0.706. The van der Waals surface area contributed by atoms with Gasteiger partial charge >= 0.3 is 0 Å². The van der Waals surface area contributed by atoms with Crippen LogP contribution in [0, 0.1) is 5.41 Å². The molecule has 0 aromatic carbocycles. The van der Waals surface area contributed by atoms with Crippen LogP contribution in [-0.4, -0.2) is 38.8 Å². The molecule has 1 heterocycles. The van der Waals surface area contributed by atoms with Crippen molar-refractivity contribution in [3.8, 4) is 0 Å². The van der Waals surface area contributed by atoms with E-state index in [-0.39, 0.29) is 35.5 Å². The van der Waals surface area contributed by atoms with Crippen molar-refractivity contribution in [3.63, 3.8) is 0 Å². The Balaban J connectivity index is 0.00000484. The molecular formula is C17H32IN3OS. The van der Waals surface area contributed by atoms with Gasteiger partial charge in [0.1, 0.15) is 0 Å². The Kier molecular flexibility index (Phi) is 11.1. The number of halogens is 1. The molecule has 6 heteroatoms. The van der Waals surface area contributed by atoms with Crippen molar-refractivity contribution in [1.82, 2.24) is 10.6 Å². The Hall–Kier alpha value is -0.340. The van der Waals surface area contributed by atoms with Gasteiger partial charge in [0.25, 0.3) is 0 Å². The van der Waals surface area contributed by atoms with Gasteiger partial charge in [-0.25, -0.2) is 0 Å². The highest BCUT2D eigenvalue weighted by Crippen LogP contribution is 2.22. The molecule has 0 radical (unpaired) electrons. The normalized spacial score (nSPS) is 14.8. The summed E-state index contributed by atoms with van der Waals surface area (Å²) < 4.78 is 5.57. The van der Waals surface area contributed by atoms with Gasteiger partial charge in [-0.15, -0.1) is 24.0 Å². The summed E-state index contributed by atoms with van der Waals surface area (Å²) in [6, 6.07) is 2.18. The average Bonchev–Trinajstić information content (AvgIpc) is 2.97. The lowest BCUT2D eigenvalue weighted by molar-refractivity contribution is 0.0241. The minimum atomic E-state index is 0. The van der Waals surface area contributed by atoms with Gasteiger partial charge in [-0.05, 0) is 40.6 Å². The highest BCUT2D eigenvalue weighted by atomic mass is 127. The first kappa shape index (κ1) is 22.7. The molecule has 2 unspecified atom stereocenters. The van der Waals surface area contributed by atoms with E-state index in [0.717, 1.165) is 19.0 Å². The summed E-state index contributed by atoms with van der Waals surface area (Å²) in [6.07, 6.45) is 0.109. The predicted octanol–water partition coefficient (Wildman–Crippen LogP) is 4.09. The van der Waals surface area contributed by atoms with E-state index < -0.39 is 0 Å². The maximum Gasteiger partial charge on any atom is 0.191 e. The summed E-state index contributed by atoms with van der Waals surface area (Å²) in [5, 5.41) is 11.1. The first-order valence-corrected chi connectivity index (χ1v) is 8.89. The molecule has 1 aromatic rings. The average molecular weight is 453 g/mol. The highest BCUT2D eigenvalue weighted by Gasteiger charge is 2.24. The minimum Gasteiger partial charge on any atom is -0.379 e. The van der Waals surface area contributed by atoms with Crippen molar-refractivity contribution in [2.45, 2.75) is 46.6 Å². The number of rotatable bonds is 7. The number of methoxy groups -OCH3 is 1. The molecule has 0 spiro atoms. The maximum atomic E-state index is 5.57. The third-order valence-electron chi connectivity index (χ3n) is 3.70. The highest BCUT2D eigenvalue weighted by molar-refractivity contribution is 14.0. The second-order valence-corrected chi connectivity index (χ2v) is 7.43. The number of nitrogens with one attached hydrogen (secondary N) is 2. The van der Waals surface area contributed by atoms with Crippen molar-refractivity contribution in [2.24, 2.45) is 10.4 Å². The lowest BCUT2D eigenvalue weighted by atomic mass is 9.89. The number of hydrogen-bond donors (Lipinski definition) is 2. The van der Waals surface area contributed by atoms with Crippen LogP contribution >= 0.6 is 35.3 Å². The Morgan fingerprint density at radius 2 is 2.04 bits per heavy atom. The number of guanidine groups is 1. The van der Waals surface area contributed by atoms with Crippen LogP contribution in [0.4, 0.5) is 0 Å². The fourth-order valence-electron chi connectivity index (χ4n) is 2.14. The maximum absolute atomic E-state index is 5.57. The van der Waals surface area contributed by atoms with Crippen LogP contribution in [0.25, 0.3) is 0 Å². The molecule has 0 fully saturated rings. The first-order chi connectivity index (χ1) is 10.4. The van der Waals surface area contributed by atoms with Crippen molar-refractivity contribution in [3.05, 3.63) is 22.4 Å². The van der Waals surface area contributed by atoms with Gasteiger partial charge in [-0.1, -0.05) is 27.7 Å². The second kappa shape index (κ2) is 11.3. The summed E-state index contributed by atoms with van der Waals surface area (Å²) in [5.41, 5.74) is 1.46. The van der Waals surface area contributed by atoms with Crippen LogP contribution in [0.5, 0.6) is 0 Å². The fourth-order valence-corrected chi connectivity index (χ4v) is 2.92. The molecule has 134 valence electrons. The molecule has 2 atom stereocenters. The van der Waals surface area contributed by atoms with E-state index in [0.29, 0.717) is 12.5 Å². The number of thiophene rings is 1. The van der Waals surface area contributed by atoms with Gasteiger partial charge < -0.3 is 15.4 Å². The molecule has 0 aliphatic rings. The van der Waals surface area contributed by atoms with Gasteiger partial charge in [-0.3, -0.25) is 4.99 Å². The smallest absolute Gasteiger partial charge is 0.191 e. The van der Waals surface area contributed by atoms with Crippen LogP contribution in [-0.2, 0) is 4.74 Å². The van der Waals surface area contributed by atoms with Crippen molar-refractivity contribution < 1.29 is 4.74 Å². The molecule has 2 N–H and O–H groups in total. The molecule has 0 amide bonds. The molecule has 0 aliphatic carbocycles. The molecule has 0 aliphatic heterocycles. The van der Waals surface area contributed by atoms with E-state index in [1.807, 2.05) is 0 Å².